The van der Waals surface area contributed by atoms with Crippen LogP contribution in [0.25, 0.3) is 0 Å². The summed E-state index contributed by atoms with van der Waals surface area (Å²) in [5, 5.41) is 11.0. The van der Waals surface area contributed by atoms with E-state index < -0.39 is 6.10 Å². The molecule has 3 aliphatic rings. The monoisotopic (exact) mass is 368 g/mol. The average molecular weight is 369 g/mol. The van der Waals surface area contributed by atoms with Gasteiger partial charge in [0.05, 0.1) is 42.0 Å². The van der Waals surface area contributed by atoms with Crippen LogP contribution in [0.2, 0.25) is 0 Å². The topological polar surface area (TPSA) is 47.9 Å². The predicted octanol–water partition coefficient (Wildman–Crippen LogP) is 2.89. The second-order valence-corrected chi connectivity index (χ2v) is 9.64. The summed E-state index contributed by atoms with van der Waals surface area (Å²) >= 11 is 3.89. The van der Waals surface area contributed by atoms with Gasteiger partial charge in [0.2, 0.25) is 0 Å². The first-order chi connectivity index (χ1) is 11.8. The van der Waals surface area contributed by atoms with Crippen molar-refractivity contribution in [3.05, 3.63) is 35.9 Å². The van der Waals surface area contributed by atoms with Gasteiger partial charge < -0.3 is 19.3 Å². The molecule has 2 heterocycles. The summed E-state index contributed by atoms with van der Waals surface area (Å²) < 4.78 is 17.8. The molecule has 1 spiro atoms. The third-order valence-corrected chi connectivity index (χ3v) is 8.61. The van der Waals surface area contributed by atoms with Crippen molar-refractivity contribution in [2.45, 2.75) is 42.0 Å². The Balaban J connectivity index is 1.48. The van der Waals surface area contributed by atoms with Gasteiger partial charge in [-0.05, 0) is 12.0 Å². The van der Waals surface area contributed by atoms with E-state index in [1.165, 1.54) is 0 Å². The Hall–Kier alpha value is -0.240. The van der Waals surface area contributed by atoms with E-state index in [1.807, 2.05) is 41.7 Å². The summed E-state index contributed by atoms with van der Waals surface area (Å²) in [7, 11) is 0. The van der Waals surface area contributed by atoms with E-state index in [4.69, 9.17) is 14.2 Å². The zero-order chi connectivity index (χ0) is 16.4. The van der Waals surface area contributed by atoms with E-state index >= 15 is 0 Å². The summed E-state index contributed by atoms with van der Waals surface area (Å²) in [5.41, 5.74) is 1.14. The molecule has 1 aliphatic carbocycles. The Morgan fingerprint density at radius 1 is 1.12 bits per heavy atom. The third-order valence-electron chi connectivity index (χ3n) is 4.97. The molecule has 1 saturated carbocycles. The molecular weight excluding hydrogens is 344 g/mol. The van der Waals surface area contributed by atoms with E-state index in [9.17, 15) is 5.11 Å². The van der Waals surface area contributed by atoms with E-state index in [0.717, 1.165) is 43.1 Å². The summed E-state index contributed by atoms with van der Waals surface area (Å²) in [6.07, 6.45) is 0.764. The highest BCUT2D eigenvalue weighted by Gasteiger charge is 2.59. The Morgan fingerprint density at radius 2 is 1.83 bits per heavy atom. The van der Waals surface area contributed by atoms with E-state index in [-0.39, 0.29) is 22.4 Å². The molecule has 1 N–H and O–H groups in total. The molecule has 0 amide bonds. The molecule has 2 saturated heterocycles. The standard InChI is InChI=1S/C18H24O4S2/c19-16-14(22-12-13-5-2-1-3-6-13)11-18(23-9-10-24-18)15(16)17-20-7-4-8-21-17/h1-3,5-6,14-17,19H,4,7-12H2/t14-,15+,16+/m1/s1. The Bertz CT molecular complexity index is 529. The number of thioether (sulfide) groups is 2. The first-order valence-corrected chi connectivity index (χ1v) is 10.6. The van der Waals surface area contributed by atoms with Crippen LogP contribution in [0, 0.1) is 5.92 Å². The van der Waals surface area contributed by atoms with Crippen molar-refractivity contribution in [2.75, 3.05) is 24.7 Å². The lowest BCUT2D eigenvalue weighted by Gasteiger charge is -2.37. The van der Waals surface area contributed by atoms with Gasteiger partial charge in [0.15, 0.2) is 6.29 Å². The van der Waals surface area contributed by atoms with Crippen LogP contribution in [0.15, 0.2) is 30.3 Å². The van der Waals surface area contributed by atoms with E-state index in [0.29, 0.717) is 6.61 Å². The Kier molecular flexibility index (Phi) is 5.41. The molecule has 3 fully saturated rings. The first kappa shape index (κ1) is 17.2. The molecule has 6 heteroatoms. The molecule has 4 nitrogen and oxygen atoms in total. The minimum atomic E-state index is -0.546. The van der Waals surface area contributed by atoms with Crippen LogP contribution >= 0.6 is 23.5 Å². The molecular formula is C18H24O4S2. The van der Waals surface area contributed by atoms with Gasteiger partial charge in [-0.1, -0.05) is 30.3 Å². The van der Waals surface area contributed by atoms with Crippen LogP contribution in [-0.4, -0.2) is 52.4 Å². The Morgan fingerprint density at radius 3 is 2.54 bits per heavy atom. The number of aliphatic hydroxyl groups is 1. The van der Waals surface area contributed by atoms with Gasteiger partial charge in [0.1, 0.15) is 0 Å². The van der Waals surface area contributed by atoms with Crippen molar-refractivity contribution in [3.8, 4) is 0 Å². The van der Waals surface area contributed by atoms with Crippen LogP contribution in [0.5, 0.6) is 0 Å². The summed E-state index contributed by atoms with van der Waals surface area (Å²) in [5.74, 6) is 2.20. The van der Waals surface area contributed by atoms with Gasteiger partial charge in [-0.2, -0.15) is 0 Å². The van der Waals surface area contributed by atoms with E-state index in [2.05, 4.69) is 12.1 Å². The highest BCUT2D eigenvalue weighted by molar-refractivity contribution is 8.21. The van der Waals surface area contributed by atoms with Gasteiger partial charge in [0, 0.05) is 17.9 Å². The fourth-order valence-electron chi connectivity index (χ4n) is 3.83. The second-order valence-electron chi connectivity index (χ2n) is 6.53. The lowest BCUT2D eigenvalue weighted by Crippen LogP contribution is -2.45. The maximum Gasteiger partial charge on any atom is 0.165 e. The van der Waals surface area contributed by atoms with Crippen LogP contribution in [0.4, 0.5) is 0 Å². The molecule has 2 aliphatic heterocycles. The van der Waals surface area contributed by atoms with Gasteiger partial charge in [-0.3, -0.25) is 0 Å². The molecule has 4 rings (SSSR count). The van der Waals surface area contributed by atoms with Crippen molar-refractivity contribution >= 4 is 23.5 Å². The summed E-state index contributed by atoms with van der Waals surface area (Å²) in [4.78, 5) is 0. The fourth-order valence-corrected chi connectivity index (χ4v) is 7.47. The third kappa shape index (κ3) is 3.37. The maximum atomic E-state index is 11.0. The number of hydrogen-bond acceptors (Lipinski definition) is 6. The van der Waals surface area contributed by atoms with Crippen molar-refractivity contribution in [1.82, 2.24) is 0 Å². The summed E-state index contributed by atoms with van der Waals surface area (Å²) in [6.45, 7) is 1.97. The van der Waals surface area contributed by atoms with Crippen LogP contribution in [-0.2, 0) is 20.8 Å². The minimum absolute atomic E-state index is 0.0314. The summed E-state index contributed by atoms with van der Waals surface area (Å²) in [6, 6.07) is 10.1. The normalized spacial score (nSPS) is 33.3. The van der Waals surface area contributed by atoms with Crippen molar-refractivity contribution in [1.29, 1.82) is 0 Å². The SMILES string of the molecule is O[C@@H]1[C@@H](C2OCCCO2)C2(C[C@H]1OCc1ccccc1)SCCS2. The van der Waals surface area contributed by atoms with E-state index in [1.54, 1.807) is 0 Å². The molecule has 3 atom stereocenters. The lowest BCUT2D eigenvalue weighted by atomic mass is 10.0. The minimum Gasteiger partial charge on any atom is -0.390 e. The number of rotatable bonds is 4. The van der Waals surface area contributed by atoms with Crippen LogP contribution in [0.3, 0.4) is 0 Å². The number of hydrogen-bond donors (Lipinski definition) is 1. The smallest absolute Gasteiger partial charge is 0.165 e. The predicted molar refractivity (Wildman–Crippen MR) is 97.1 cm³/mol. The molecule has 1 aromatic rings. The fraction of sp³-hybridized carbons (Fsp3) is 0.667. The number of ether oxygens (including phenoxy) is 3. The quantitative estimate of drug-likeness (QED) is 0.882. The molecule has 0 unspecified atom stereocenters. The molecule has 0 aromatic heterocycles. The van der Waals surface area contributed by atoms with Gasteiger partial charge >= 0.3 is 0 Å². The van der Waals surface area contributed by atoms with Crippen LogP contribution < -0.4 is 0 Å². The highest BCUT2D eigenvalue weighted by atomic mass is 32.2. The molecule has 1 aromatic carbocycles. The molecule has 0 radical (unpaired) electrons. The number of aliphatic hydroxyl groups excluding tert-OH is 1. The maximum absolute atomic E-state index is 11.0. The zero-order valence-electron chi connectivity index (χ0n) is 13.6. The van der Waals surface area contributed by atoms with Gasteiger partial charge in [-0.15, -0.1) is 23.5 Å². The molecule has 0 bridgehead atoms. The van der Waals surface area contributed by atoms with Crippen molar-refractivity contribution in [2.24, 2.45) is 5.92 Å². The zero-order valence-corrected chi connectivity index (χ0v) is 15.3. The number of benzene rings is 1. The van der Waals surface area contributed by atoms with Crippen LogP contribution in [0.1, 0.15) is 18.4 Å². The first-order valence-electron chi connectivity index (χ1n) is 8.63. The average Bonchev–Trinajstić information content (AvgIpc) is 3.20. The van der Waals surface area contributed by atoms with Crippen molar-refractivity contribution in [3.63, 3.8) is 0 Å². The van der Waals surface area contributed by atoms with Crippen molar-refractivity contribution < 1.29 is 19.3 Å². The Labute approximate surface area is 151 Å². The lowest BCUT2D eigenvalue weighted by molar-refractivity contribution is -0.220. The van der Waals surface area contributed by atoms with Gasteiger partial charge in [-0.25, -0.2) is 0 Å². The largest absolute Gasteiger partial charge is 0.390 e. The molecule has 24 heavy (non-hydrogen) atoms. The molecule has 132 valence electrons. The second kappa shape index (κ2) is 7.56. The van der Waals surface area contributed by atoms with Gasteiger partial charge in [0.25, 0.3) is 0 Å². The highest BCUT2D eigenvalue weighted by Crippen LogP contribution is 2.59.